The number of hydrogen-bond acceptors (Lipinski definition) is 4. The molecule has 0 rings (SSSR count). The average Bonchev–Trinajstić information content (AvgIpc) is 3.08. The molecule has 0 aromatic rings. The molecule has 0 saturated carbocycles. The molecule has 0 spiro atoms. The zero-order chi connectivity index (χ0) is 34.1. The molecule has 0 aliphatic heterocycles. The van der Waals surface area contributed by atoms with Crippen LogP contribution < -0.4 is 0 Å². The van der Waals surface area contributed by atoms with Crippen molar-refractivity contribution in [3.8, 4) is 0 Å². The minimum Gasteiger partial charge on any atom is -0.457 e. The minimum absolute atomic E-state index is 0.198. The first kappa shape index (κ1) is 44.3. The molecule has 47 heavy (non-hydrogen) atoms. The summed E-state index contributed by atoms with van der Waals surface area (Å²) in [6.07, 6.45) is 55.9. The Morgan fingerprint density at radius 3 is 1.34 bits per heavy atom. The van der Waals surface area contributed by atoms with E-state index in [1.165, 1.54) is 32.1 Å². The number of aliphatic hydroxyl groups excluding tert-OH is 1. The molecule has 4 heteroatoms. The number of carbonyl (C=O) groups excluding carboxylic acids is 1. The zero-order valence-electron chi connectivity index (χ0n) is 30.3. The van der Waals surface area contributed by atoms with E-state index < -0.39 is 6.10 Å². The fraction of sp³-hybridized carbons (Fsp3) is 0.605. The van der Waals surface area contributed by atoms with Gasteiger partial charge in [-0.2, -0.15) is 0 Å². The SMILES string of the molecule is CC/C=C\C/C=C\C/C=C\C/C=C\C/C=C\CCCCCC(=O)OC(CO)COCCCCCCCC/C=C\C/C=C\C/C=C\CC. The number of carbonyl (C=O) groups is 1. The van der Waals surface area contributed by atoms with Crippen LogP contribution in [-0.2, 0) is 14.3 Å². The van der Waals surface area contributed by atoms with Crippen LogP contribution in [0.2, 0.25) is 0 Å². The van der Waals surface area contributed by atoms with Gasteiger partial charge in [0.1, 0.15) is 6.10 Å². The largest absolute Gasteiger partial charge is 0.457 e. The van der Waals surface area contributed by atoms with Crippen molar-refractivity contribution in [3.05, 3.63) is 97.2 Å². The molecular weight excluding hydrogens is 580 g/mol. The monoisotopic (exact) mass is 651 g/mol. The number of unbranched alkanes of at least 4 members (excludes halogenated alkanes) is 9. The van der Waals surface area contributed by atoms with Gasteiger partial charge in [0.05, 0.1) is 13.2 Å². The van der Waals surface area contributed by atoms with Crippen LogP contribution >= 0.6 is 0 Å². The summed E-state index contributed by atoms with van der Waals surface area (Å²) in [4.78, 5) is 12.2. The second-order valence-corrected chi connectivity index (χ2v) is 11.9. The van der Waals surface area contributed by atoms with E-state index in [1.807, 2.05) is 0 Å². The smallest absolute Gasteiger partial charge is 0.306 e. The second kappa shape index (κ2) is 39.5. The fourth-order valence-electron chi connectivity index (χ4n) is 4.66. The van der Waals surface area contributed by atoms with Gasteiger partial charge in [-0.05, 0) is 89.9 Å². The first-order chi connectivity index (χ1) is 23.2. The number of ether oxygens (including phenoxy) is 2. The van der Waals surface area contributed by atoms with Crippen LogP contribution in [0, 0.1) is 0 Å². The lowest BCUT2D eigenvalue weighted by molar-refractivity contribution is -0.154. The van der Waals surface area contributed by atoms with Crippen LogP contribution in [0.5, 0.6) is 0 Å². The van der Waals surface area contributed by atoms with Gasteiger partial charge in [0.2, 0.25) is 0 Å². The maximum Gasteiger partial charge on any atom is 0.306 e. The van der Waals surface area contributed by atoms with Crippen LogP contribution in [0.1, 0.15) is 142 Å². The Balaban J connectivity index is 3.60. The van der Waals surface area contributed by atoms with E-state index in [0.717, 1.165) is 89.9 Å². The van der Waals surface area contributed by atoms with Crippen molar-refractivity contribution in [2.24, 2.45) is 0 Å². The van der Waals surface area contributed by atoms with Gasteiger partial charge in [-0.25, -0.2) is 0 Å². The van der Waals surface area contributed by atoms with Gasteiger partial charge < -0.3 is 14.6 Å². The van der Waals surface area contributed by atoms with Crippen molar-refractivity contribution in [1.82, 2.24) is 0 Å². The minimum atomic E-state index is -0.565. The van der Waals surface area contributed by atoms with E-state index in [4.69, 9.17) is 9.47 Å². The van der Waals surface area contributed by atoms with E-state index in [0.29, 0.717) is 13.0 Å². The lowest BCUT2D eigenvalue weighted by atomic mass is 10.1. The highest BCUT2D eigenvalue weighted by Crippen LogP contribution is 2.09. The van der Waals surface area contributed by atoms with Crippen LogP contribution in [0.25, 0.3) is 0 Å². The van der Waals surface area contributed by atoms with Crippen molar-refractivity contribution >= 4 is 5.97 Å². The summed E-state index contributed by atoms with van der Waals surface area (Å²) in [5.41, 5.74) is 0. The highest BCUT2D eigenvalue weighted by molar-refractivity contribution is 5.69. The Labute approximate surface area is 290 Å². The molecule has 1 N–H and O–H groups in total. The molecule has 0 aromatic carbocycles. The average molecular weight is 651 g/mol. The molecule has 0 aromatic heterocycles. The lowest BCUT2D eigenvalue weighted by Gasteiger charge is -2.15. The molecular formula is C43H70O4. The summed E-state index contributed by atoms with van der Waals surface area (Å²) in [7, 11) is 0. The lowest BCUT2D eigenvalue weighted by Crippen LogP contribution is -2.27. The van der Waals surface area contributed by atoms with E-state index in [9.17, 15) is 9.90 Å². The summed E-state index contributed by atoms with van der Waals surface area (Å²) in [6.45, 7) is 5.03. The predicted molar refractivity (Wildman–Crippen MR) is 205 cm³/mol. The molecule has 266 valence electrons. The molecule has 0 fully saturated rings. The molecule has 0 amide bonds. The highest BCUT2D eigenvalue weighted by atomic mass is 16.6. The molecule has 1 unspecified atom stereocenters. The molecule has 0 saturated heterocycles. The van der Waals surface area contributed by atoms with Crippen molar-refractivity contribution in [2.45, 2.75) is 148 Å². The number of allylic oxidation sites excluding steroid dienone is 16. The van der Waals surface area contributed by atoms with E-state index >= 15 is 0 Å². The zero-order valence-corrected chi connectivity index (χ0v) is 30.3. The van der Waals surface area contributed by atoms with Crippen LogP contribution in [0.4, 0.5) is 0 Å². The number of aliphatic hydroxyl groups is 1. The first-order valence-electron chi connectivity index (χ1n) is 18.8. The van der Waals surface area contributed by atoms with Gasteiger partial charge in [-0.1, -0.05) is 143 Å². The van der Waals surface area contributed by atoms with E-state index in [2.05, 4.69) is 111 Å². The van der Waals surface area contributed by atoms with Crippen LogP contribution in [-0.4, -0.2) is 37.0 Å². The van der Waals surface area contributed by atoms with Crippen LogP contribution in [0.15, 0.2) is 97.2 Å². The Morgan fingerprint density at radius 2 is 0.894 bits per heavy atom. The molecule has 0 radical (unpaired) electrons. The van der Waals surface area contributed by atoms with Gasteiger partial charge in [-0.3, -0.25) is 4.79 Å². The fourth-order valence-corrected chi connectivity index (χ4v) is 4.66. The molecule has 1 atom stereocenters. The maximum atomic E-state index is 12.2. The molecule has 0 aliphatic carbocycles. The summed E-state index contributed by atoms with van der Waals surface area (Å²) in [5, 5.41) is 9.57. The summed E-state index contributed by atoms with van der Waals surface area (Å²) in [6, 6.07) is 0. The maximum absolute atomic E-state index is 12.2. The van der Waals surface area contributed by atoms with Gasteiger partial charge in [0.25, 0.3) is 0 Å². The van der Waals surface area contributed by atoms with Crippen molar-refractivity contribution in [3.63, 3.8) is 0 Å². The van der Waals surface area contributed by atoms with E-state index in [-0.39, 0.29) is 19.2 Å². The standard InChI is InChI=1S/C43H70O4/c1-3-5-7-9-11-13-15-17-19-21-22-23-24-26-28-30-32-34-36-38-43(45)47-42(40-44)41-46-39-37-35-33-31-29-27-25-20-18-16-14-12-10-8-6-4-2/h5-8,11-14,17-20,22-23,26,28,42,44H,3-4,9-10,15-16,21,24-25,27,29-41H2,1-2H3/b7-5-,8-6-,13-11-,14-12-,19-17-,20-18-,23-22-,28-26-. The van der Waals surface area contributed by atoms with Gasteiger partial charge in [0, 0.05) is 13.0 Å². The summed E-state index contributed by atoms with van der Waals surface area (Å²) >= 11 is 0. The number of hydrogen-bond donors (Lipinski definition) is 1. The third-order valence-electron chi connectivity index (χ3n) is 7.40. The van der Waals surface area contributed by atoms with Crippen molar-refractivity contribution in [2.75, 3.05) is 19.8 Å². The Bertz CT molecular complexity index is 903. The summed E-state index contributed by atoms with van der Waals surface area (Å²) < 4.78 is 11.1. The second-order valence-electron chi connectivity index (χ2n) is 11.9. The van der Waals surface area contributed by atoms with E-state index in [1.54, 1.807) is 0 Å². The third-order valence-corrected chi connectivity index (χ3v) is 7.40. The predicted octanol–water partition coefficient (Wildman–Crippen LogP) is 12.2. The summed E-state index contributed by atoms with van der Waals surface area (Å²) in [5.74, 6) is -0.242. The Morgan fingerprint density at radius 1 is 0.511 bits per heavy atom. The molecule has 4 nitrogen and oxygen atoms in total. The number of rotatable bonds is 33. The van der Waals surface area contributed by atoms with Gasteiger partial charge in [-0.15, -0.1) is 0 Å². The third kappa shape index (κ3) is 37.6. The Hall–Kier alpha value is -2.69. The van der Waals surface area contributed by atoms with Gasteiger partial charge >= 0.3 is 5.97 Å². The van der Waals surface area contributed by atoms with Crippen molar-refractivity contribution in [1.29, 1.82) is 0 Å². The van der Waals surface area contributed by atoms with Crippen LogP contribution in [0.3, 0.4) is 0 Å². The molecule has 0 heterocycles. The normalized spacial score (nSPS) is 13.5. The molecule has 0 bridgehead atoms. The Kier molecular flexibility index (Phi) is 37.2. The van der Waals surface area contributed by atoms with Gasteiger partial charge in [0.15, 0.2) is 0 Å². The molecule has 0 aliphatic rings. The van der Waals surface area contributed by atoms with Crippen molar-refractivity contribution < 1.29 is 19.4 Å². The number of esters is 1. The first-order valence-corrected chi connectivity index (χ1v) is 18.8. The quantitative estimate of drug-likeness (QED) is 0.0436. The topological polar surface area (TPSA) is 55.8 Å². The highest BCUT2D eigenvalue weighted by Gasteiger charge is 2.13.